The van der Waals surface area contributed by atoms with E-state index >= 15 is 0 Å². The van der Waals surface area contributed by atoms with E-state index in [4.69, 9.17) is 5.73 Å². The van der Waals surface area contributed by atoms with Crippen LogP contribution in [0.4, 0.5) is 5.69 Å². The van der Waals surface area contributed by atoms with E-state index in [0.717, 1.165) is 12.1 Å². The standard InChI is InChI=1S/C14H22N2O/c1-4-10(3)11-6-8-12(9-7-11)16-14(17)13(15)5-2/h6-10,13H,4-5,15H2,1-3H3,(H,16,17)/t10?,13-/m0/s1. The first kappa shape index (κ1) is 13.7. The molecule has 3 N–H and O–H groups in total. The van der Waals surface area contributed by atoms with Crippen LogP contribution < -0.4 is 11.1 Å². The van der Waals surface area contributed by atoms with E-state index in [1.807, 2.05) is 19.1 Å². The van der Waals surface area contributed by atoms with Crippen molar-refractivity contribution in [2.75, 3.05) is 5.32 Å². The van der Waals surface area contributed by atoms with Crippen LogP contribution in [-0.2, 0) is 4.79 Å². The largest absolute Gasteiger partial charge is 0.325 e. The molecule has 2 atom stereocenters. The Morgan fingerprint density at radius 2 is 1.82 bits per heavy atom. The minimum atomic E-state index is -0.427. The number of nitrogens with two attached hydrogens (primary N) is 1. The summed E-state index contributed by atoms with van der Waals surface area (Å²) in [4.78, 5) is 11.6. The van der Waals surface area contributed by atoms with E-state index in [1.165, 1.54) is 5.56 Å². The number of carbonyl (C=O) groups excluding carboxylic acids is 1. The van der Waals surface area contributed by atoms with E-state index in [1.54, 1.807) is 0 Å². The molecule has 0 aliphatic heterocycles. The van der Waals surface area contributed by atoms with E-state index in [0.29, 0.717) is 12.3 Å². The third-order valence-electron chi connectivity index (χ3n) is 3.14. The molecule has 1 aromatic rings. The molecular weight excluding hydrogens is 212 g/mol. The predicted octanol–water partition coefficient (Wildman–Crippen LogP) is 2.88. The van der Waals surface area contributed by atoms with Crippen LogP contribution in [0.25, 0.3) is 0 Å². The van der Waals surface area contributed by atoms with Gasteiger partial charge in [-0.1, -0.05) is 32.9 Å². The summed E-state index contributed by atoms with van der Waals surface area (Å²) < 4.78 is 0. The number of anilines is 1. The number of amides is 1. The third-order valence-corrected chi connectivity index (χ3v) is 3.14. The Morgan fingerprint density at radius 3 is 2.29 bits per heavy atom. The fourth-order valence-electron chi connectivity index (χ4n) is 1.55. The summed E-state index contributed by atoms with van der Waals surface area (Å²) in [6, 6.07) is 7.55. The number of rotatable bonds is 5. The molecule has 94 valence electrons. The van der Waals surface area contributed by atoms with Crippen molar-refractivity contribution in [3.8, 4) is 0 Å². The Kier molecular flexibility index (Phi) is 5.16. The second kappa shape index (κ2) is 6.40. The van der Waals surface area contributed by atoms with Crippen LogP contribution in [0.2, 0.25) is 0 Å². The van der Waals surface area contributed by atoms with Crippen molar-refractivity contribution in [3.63, 3.8) is 0 Å². The van der Waals surface area contributed by atoms with Crippen molar-refractivity contribution in [2.24, 2.45) is 5.73 Å². The quantitative estimate of drug-likeness (QED) is 0.823. The lowest BCUT2D eigenvalue weighted by Crippen LogP contribution is -2.34. The molecule has 1 aromatic carbocycles. The van der Waals surface area contributed by atoms with Gasteiger partial charge in [-0.05, 0) is 36.5 Å². The number of nitrogens with one attached hydrogen (secondary N) is 1. The van der Waals surface area contributed by atoms with Crippen LogP contribution >= 0.6 is 0 Å². The van der Waals surface area contributed by atoms with Gasteiger partial charge in [0.15, 0.2) is 0 Å². The minimum Gasteiger partial charge on any atom is -0.325 e. The van der Waals surface area contributed by atoms with Gasteiger partial charge >= 0.3 is 0 Å². The fourth-order valence-corrected chi connectivity index (χ4v) is 1.55. The Labute approximate surface area is 103 Å². The second-order valence-electron chi connectivity index (χ2n) is 4.44. The summed E-state index contributed by atoms with van der Waals surface area (Å²) in [7, 11) is 0. The molecule has 1 unspecified atom stereocenters. The van der Waals surface area contributed by atoms with Crippen molar-refractivity contribution >= 4 is 11.6 Å². The van der Waals surface area contributed by atoms with Crippen LogP contribution in [0.15, 0.2) is 24.3 Å². The lowest BCUT2D eigenvalue weighted by Gasteiger charge is -2.12. The highest BCUT2D eigenvalue weighted by molar-refractivity contribution is 5.94. The average molecular weight is 234 g/mol. The van der Waals surface area contributed by atoms with Gasteiger partial charge < -0.3 is 11.1 Å². The van der Waals surface area contributed by atoms with E-state index in [2.05, 4.69) is 31.3 Å². The summed E-state index contributed by atoms with van der Waals surface area (Å²) in [6.45, 7) is 6.26. The molecule has 17 heavy (non-hydrogen) atoms. The number of benzene rings is 1. The number of hydrogen-bond acceptors (Lipinski definition) is 2. The summed E-state index contributed by atoms with van der Waals surface area (Å²) in [5.41, 5.74) is 7.76. The van der Waals surface area contributed by atoms with Crippen molar-refractivity contribution in [1.29, 1.82) is 0 Å². The van der Waals surface area contributed by atoms with Crippen LogP contribution in [0.1, 0.15) is 45.1 Å². The van der Waals surface area contributed by atoms with Crippen molar-refractivity contribution in [1.82, 2.24) is 0 Å². The van der Waals surface area contributed by atoms with Gasteiger partial charge in [0.1, 0.15) is 0 Å². The molecule has 0 saturated heterocycles. The highest BCUT2D eigenvalue weighted by Gasteiger charge is 2.11. The molecule has 0 aliphatic carbocycles. The van der Waals surface area contributed by atoms with Gasteiger partial charge in [-0.2, -0.15) is 0 Å². The predicted molar refractivity (Wildman–Crippen MR) is 72.0 cm³/mol. The maximum atomic E-state index is 11.6. The molecule has 3 nitrogen and oxygen atoms in total. The topological polar surface area (TPSA) is 55.1 Å². The molecule has 0 aromatic heterocycles. The van der Waals surface area contributed by atoms with Crippen LogP contribution in [0.3, 0.4) is 0 Å². The van der Waals surface area contributed by atoms with Crippen molar-refractivity contribution in [3.05, 3.63) is 29.8 Å². The van der Waals surface area contributed by atoms with Gasteiger partial charge in [0.05, 0.1) is 6.04 Å². The van der Waals surface area contributed by atoms with E-state index < -0.39 is 6.04 Å². The zero-order valence-corrected chi connectivity index (χ0v) is 10.9. The Morgan fingerprint density at radius 1 is 1.24 bits per heavy atom. The van der Waals surface area contributed by atoms with E-state index in [9.17, 15) is 4.79 Å². The van der Waals surface area contributed by atoms with Gasteiger partial charge in [-0.25, -0.2) is 0 Å². The fraction of sp³-hybridized carbons (Fsp3) is 0.500. The third kappa shape index (κ3) is 3.86. The highest BCUT2D eigenvalue weighted by atomic mass is 16.2. The molecule has 0 saturated carbocycles. The maximum Gasteiger partial charge on any atom is 0.241 e. The van der Waals surface area contributed by atoms with Gasteiger partial charge in [0, 0.05) is 5.69 Å². The first-order valence-electron chi connectivity index (χ1n) is 6.24. The van der Waals surface area contributed by atoms with Gasteiger partial charge in [-0.3, -0.25) is 4.79 Å². The molecule has 0 heterocycles. The molecular formula is C14H22N2O. The molecule has 0 bridgehead atoms. The van der Waals surface area contributed by atoms with Gasteiger partial charge in [0.2, 0.25) is 5.91 Å². The van der Waals surface area contributed by atoms with Gasteiger partial charge in [-0.15, -0.1) is 0 Å². The van der Waals surface area contributed by atoms with Crippen molar-refractivity contribution in [2.45, 2.75) is 45.6 Å². The lowest BCUT2D eigenvalue weighted by molar-refractivity contribution is -0.117. The zero-order valence-electron chi connectivity index (χ0n) is 10.9. The van der Waals surface area contributed by atoms with E-state index in [-0.39, 0.29) is 5.91 Å². The molecule has 0 spiro atoms. The monoisotopic (exact) mass is 234 g/mol. The molecule has 1 rings (SSSR count). The van der Waals surface area contributed by atoms with Crippen LogP contribution in [0.5, 0.6) is 0 Å². The Hall–Kier alpha value is -1.35. The first-order valence-corrected chi connectivity index (χ1v) is 6.24. The Balaban J connectivity index is 2.65. The summed E-state index contributed by atoms with van der Waals surface area (Å²) in [5.74, 6) is 0.432. The van der Waals surface area contributed by atoms with Crippen LogP contribution in [0, 0.1) is 0 Å². The lowest BCUT2D eigenvalue weighted by atomic mass is 9.98. The summed E-state index contributed by atoms with van der Waals surface area (Å²) in [6.07, 6.45) is 1.77. The normalized spacial score (nSPS) is 14.1. The SMILES string of the molecule is CCC(C)c1ccc(NC(=O)[C@@H](N)CC)cc1. The summed E-state index contributed by atoms with van der Waals surface area (Å²) >= 11 is 0. The Bertz CT molecular complexity index is 359. The van der Waals surface area contributed by atoms with Gasteiger partial charge in [0.25, 0.3) is 0 Å². The van der Waals surface area contributed by atoms with Crippen molar-refractivity contribution < 1.29 is 4.79 Å². The molecule has 0 fully saturated rings. The summed E-state index contributed by atoms with van der Waals surface area (Å²) in [5, 5.41) is 2.81. The molecule has 1 amide bonds. The smallest absolute Gasteiger partial charge is 0.241 e. The maximum absolute atomic E-state index is 11.6. The van der Waals surface area contributed by atoms with Crippen LogP contribution in [-0.4, -0.2) is 11.9 Å². The highest BCUT2D eigenvalue weighted by Crippen LogP contribution is 2.20. The molecule has 3 heteroatoms. The molecule has 0 radical (unpaired) electrons. The second-order valence-corrected chi connectivity index (χ2v) is 4.44. The number of hydrogen-bond donors (Lipinski definition) is 2. The first-order chi connectivity index (χ1) is 8.08. The molecule has 0 aliphatic rings. The zero-order chi connectivity index (χ0) is 12.8. The minimum absolute atomic E-state index is 0.121. The average Bonchev–Trinajstić information content (AvgIpc) is 2.37. The number of carbonyl (C=O) groups is 1.